The van der Waals surface area contributed by atoms with E-state index in [-0.39, 0.29) is 0 Å². The maximum Gasteiger partial charge on any atom is 0.0435 e. The van der Waals surface area contributed by atoms with Crippen molar-refractivity contribution in [1.82, 2.24) is 4.90 Å². The van der Waals surface area contributed by atoms with E-state index in [1.807, 2.05) is 0 Å². The second kappa shape index (κ2) is 3.49. The van der Waals surface area contributed by atoms with Crippen LogP contribution in [0.3, 0.4) is 0 Å². The summed E-state index contributed by atoms with van der Waals surface area (Å²) in [7, 11) is 2.27. The fraction of sp³-hybridized carbons (Fsp3) is 0.600. The van der Waals surface area contributed by atoms with Gasteiger partial charge in [-0.1, -0.05) is 18.2 Å². The quantitative estimate of drug-likeness (QED) is 0.671. The van der Waals surface area contributed by atoms with Crippen LogP contribution in [0.4, 0.5) is 5.69 Å². The van der Waals surface area contributed by atoms with Crippen LogP contribution in [-0.2, 0) is 6.42 Å². The molecule has 1 aromatic carbocycles. The Morgan fingerprint density at radius 3 is 3.06 bits per heavy atom. The number of nitrogens with zero attached hydrogens (tertiary/aromatic N) is 2. The Labute approximate surface area is 103 Å². The molecule has 0 spiro atoms. The minimum absolute atomic E-state index is 0.790. The van der Waals surface area contributed by atoms with Gasteiger partial charge in [0.25, 0.3) is 0 Å². The summed E-state index contributed by atoms with van der Waals surface area (Å²) in [6.45, 7) is 5.10. The van der Waals surface area contributed by atoms with Crippen LogP contribution in [0.25, 0.3) is 0 Å². The Hall–Kier alpha value is -1.02. The summed E-state index contributed by atoms with van der Waals surface area (Å²) < 4.78 is 0. The first kappa shape index (κ1) is 9.95. The number of piperidine rings is 1. The van der Waals surface area contributed by atoms with Crippen LogP contribution < -0.4 is 4.90 Å². The highest BCUT2D eigenvalue weighted by atomic mass is 15.2. The van der Waals surface area contributed by atoms with E-state index < -0.39 is 0 Å². The molecule has 4 rings (SSSR count). The summed E-state index contributed by atoms with van der Waals surface area (Å²) >= 11 is 0. The molecule has 2 atom stereocenters. The summed E-state index contributed by atoms with van der Waals surface area (Å²) in [5.74, 6) is 1.69. The number of likely N-dealkylation sites (N-methyl/N-ethyl adjacent to an activating group) is 1. The fourth-order valence-corrected chi connectivity index (χ4v) is 4.07. The van der Waals surface area contributed by atoms with E-state index in [2.05, 4.69) is 35.0 Å². The van der Waals surface area contributed by atoms with E-state index in [9.17, 15) is 0 Å². The Morgan fingerprint density at radius 2 is 2.12 bits per heavy atom. The number of fused-ring (bicyclic) bond motifs is 2. The highest BCUT2D eigenvalue weighted by molar-refractivity contribution is 5.66. The van der Waals surface area contributed by atoms with Gasteiger partial charge in [-0.15, -0.1) is 0 Å². The van der Waals surface area contributed by atoms with Gasteiger partial charge in [0.1, 0.15) is 0 Å². The maximum absolute atomic E-state index is 2.65. The molecule has 0 bridgehead atoms. The molecule has 3 aliphatic heterocycles. The first-order valence-electron chi connectivity index (χ1n) is 6.88. The number of anilines is 1. The Bertz CT molecular complexity index is 454. The van der Waals surface area contributed by atoms with Crippen LogP contribution in [0.1, 0.15) is 23.5 Å². The summed E-state index contributed by atoms with van der Waals surface area (Å²) in [5, 5.41) is 0. The van der Waals surface area contributed by atoms with E-state index in [1.165, 1.54) is 39.0 Å². The molecule has 1 saturated heterocycles. The molecule has 2 nitrogen and oxygen atoms in total. The third kappa shape index (κ3) is 1.37. The standard InChI is InChI=1S/C15H20N2/c1-16-7-5-12-9-17-8-6-11-3-2-4-13(15(11)17)14(12)10-16/h2-4,12,14H,5-10H2,1H3/t12-,14-/m0/s1. The van der Waals surface area contributed by atoms with E-state index in [0.717, 1.165) is 11.8 Å². The molecular weight excluding hydrogens is 208 g/mol. The van der Waals surface area contributed by atoms with E-state index >= 15 is 0 Å². The van der Waals surface area contributed by atoms with Gasteiger partial charge in [-0.2, -0.15) is 0 Å². The van der Waals surface area contributed by atoms with Crippen molar-refractivity contribution < 1.29 is 0 Å². The molecule has 2 heteroatoms. The van der Waals surface area contributed by atoms with Crippen LogP contribution in [0, 0.1) is 5.92 Å². The SMILES string of the molecule is CN1CC[C@H]2CN3CCc4cccc(c43)[C@H]2C1. The molecule has 0 aliphatic carbocycles. The van der Waals surface area contributed by atoms with E-state index in [1.54, 1.807) is 16.8 Å². The number of rotatable bonds is 0. The number of hydrogen-bond acceptors (Lipinski definition) is 2. The molecule has 90 valence electrons. The summed E-state index contributed by atoms with van der Waals surface area (Å²) in [6.07, 6.45) is 2.64. The largest absolute Gasteiger partial charge is 0.370 e. The lowest BCUT2D eigenvalue weighted by Crippen LogP contribution is -2.45. The molecule has 0 unspecified atom stereocenters. The van der Waals surface area contributed by atoms with Gasteiger partial charge in [-0.25, -0.2) is 0 Å². The monoisotopic (exact) mass is 228 g/mol. The minimum atomic E-state index is 0.790. The van der Waals surface area contributed by atoms with Crippen LogP contribution in [-0.4, -0.2) is 38.1 Å². The molecule has 0 N–H and O–H groups in total. The van der Waals surface area contributed by atoms with Crippen molar-refractivity contribution >= 4 is 5.69 Å². The predicted molar refractivity (Wildman–Crippen MR) is 70.7 cm³/mol. The van der Waals surface area contributed by atoms with Gasteiger partial charge in [-0.05, 0) is 43.5 Å². The first-order chi connectivity index (χ1) is 8.33. The van der Waals surface area contributed by atoms with Crippen molar-refractivity contribution in [3.05, 3.63) is 29.3 Å². The van der Waals surface area contributed by atoms with Crippen molar-refractivity contribution in [3.63, 3.8) is 0 Å². The molecule has 0 radical (unpaired) electrons. The van der Waals surface area contributed by atoms with Gasteiger partial charge in [0.15, 0.2) is 0 Å². The Morgan fingerprint density at radius 1 is 1.18 bits per heavy atom. The molecule has 3 aliphatic rings. The zero-order valence-corrected chi connectivity index (χ0v) is 10.5. The van der Waals surface area contributed by atoms with Gasteiger partial charge in [0.2, 0.25) is 0 Å². The molecule has 0 saturated carbocycles. The molecule has 0 amide bonds. The van der Waals surface area contributed by atoms with Crippen LogP contribution in [0.2, 0.25) is 0 Å². The molecule has 17 heavy (non-hydrogen) atoms. The average Bonchev–Trinajstić information content (AvgIpc) is 2.75. The highest BCUT2D eigenvalue weighted by Crippen LogP contribution is 2.46. The van der Waals surface area contributed by atoms with Crippen LogP contribution >= 0.6 is 0 Å². The minimum Gasteiger partial charge on any atom is -0.370 e. The molecule has 1 aromatic rings. The van der Waals surface area contributed by atoms with Crippen molar-refractivity contribution in [1.29, 1.82) is 0 Å². The number of hydrogen-bond donors (Lipinski definition) is 0. The maximum atomic E-state index is 2.65. The van der Waals surface area contributed by atoms with Gasteiger partial charge in [-0.3, -0.25) is 0 Å². The Kier molecular flexibility index (Phi) is 2.04. The van der Waals surface area contributed by atoms with Crippen molar-refractivity contribution in [2.24, 2.45) is 5.92 Å². The zero-order chi connectivity index (χ0) is 11.4. The molecule has 3 heterocycles. The van der Waals surface area contributed by atoms with Crippen molar-refractivity contribution in [3.8, 4) is 0 Å². The van der Waals surface area contributed by atoms with Crippen LogP contribution in [0.5, 0.6) is 0 Å². The number of likely N-dealkylation sites (tertiary alicyclic amines) is 1. The number of para-hydroxylation sites is 1. The van der Waals surface area contributed by atoms with Gasteiger partial charge >= 0.3 is 0 Å². The van der Waals surface area contributed by atoms with Crippen molar-refractivity contribution in [2.75, 3.05) is 38.1 Å². The van der Waals surface area contributed by atoms with Crippen LogP contribution in [0.15, 0.2) is 18.2 Å². The predicted octanol–water partition coefficient (Wildman–Crippen LogP) is 2.10. The lowest BCUT2D eigenvalue weighted by atomic mass is 9.77. The normalized spacial score (nSPS) is 31.2. The third-order valence-corrected chi connectivity index (χ3v) is 4.93. The highest BCUT2D eigenvalue weighted by Gasteiger charge is 2.38. The summed E-state index contributed by atoms with van der Waals surface area (Å²) in [6, 6.07) is 6.98. The first-order valence-corrected chi connectivity index (χ1v) is 6.88. The third-order valence-electron chi connectivity index (χ3n) is 4.93. The average molecular weight is 228 g/mol. The second-order valence-electron chi connectivity index (χ2n) is 5.97. The smallest absolute Gasteiger partial charge is 0.0435 e. The zero-order valence-electron chi connectivity index (χ0n) is 10.5. The number of benzene rings is 1. The van der Waals surface area contributed by atoms with Gasteiger partial charge in [0.05, 0.1) is 0 Å². The topological polar surface area (TPSA) is 6.48 Å². The molecular formula is C15H20N2. The molecule has 1 fully saturated rings. The fourth-order valence-electron chi connectivity index (χ4n) is 4.07. The van der Waals surface area contributed by atoms with Gasteiger partial charge < -0.3 is 9.80 Å². The van der Waals surface area contributed by atoms with E-state index in [4.69, 9.17) is 0 Å². The summed E-state index contributed by atoms with van der Waals surface area (Å²) in [4.78, 5) is 5.16. The summed E-state index contributed by atoms with van der Waals surface area (Å²) in [5.41, 5.74) is 4.83. The second-order valence-corrected chi connectivity index (χ2v) is 5.97. The lowest BCUT2D eigenvalue weighted by molar-refractivity contribution is 0.186. The molecule has 0 aromatic heterocycles. The lowest BCUT2D eigenvalue weighted by Gasteiger charge is -2.44. The van der Waals surface area contributed by atoms with Gasteiger partial charge in [0, 0.05) is 31.2 Å². The van der Waals surface area contributed by atoms with E-state index in [0.29, 0.717) is 0 Å². The Balaban J connectivity index is 1.82. The van der Waals surface area contributed by atoms with Crippen molar-refractivity contribution in [2.45, 2.75) is 18.8 Å².